The number of unbranched alkanes of at least 4 members (excludes halogenated alkanes) is 8. The second-order valence-electron chi connectivity index (χ2n) is 9.03. The van der Waals surface area contributed by atoms with Gasteiger partial charge in [0.15, 0.2) is 0 Å². The SMILES string of the molecule is O=C(CCc1ccc(NCCCCCCCCCCC#Cc2ccc(F)cc2)cc1)OCC(O)CO. The van der Waals surface area contributed by atoms with Crippen LogP contribution in [0.25, 0.3) is 0 Å². The first-order chi connectivity index (χ1) is 17.6. The molecule has 0 saturated heterocycles. The van der Waals surface area contributed by atoms with E-state index < -0.39 is 12.7 Å². The molecular formula is C30H40FNO4. The van der Waals surface area contributed by atoms with Crippen LogP contribution in [0.2, 0.25) is 0 Å². The van der Waals surface area contributed by atoms with Gasteiger partial charge in [0.1, 0.15) is 18.5 Å². The summed E-state index contributed by atoms with van der Waals surface area (Å²) in [5.41, 5.74) is 3.01. The third-order valence-electron chi connectivity index (χ3n) is 5.85. The van der Waals surface area contributed by atoms with Gasteiger partial charge in [-0.1, -0.05) is 62.5 Å². The van der Waals surface area contributed by atoms with Crippen molar-refractivity contribution in [3.8, 4) is 11.8 Å². The van der Waals surface area contributed by atoms with Crippen LogP contribution in [0.3, 0.4) is 0 Å². The first-order valence-corrected chi connectivity index (χ1v) is 13.1. The summed E-state index contributed by atoms with van der Waals surface area (Å²) in [7, 11) is 0. The van der Waals surface area contributed by atoms with Crippen molar-refractivity contribution in [2.24, 2.45) is 0 Å². The Bertz CT molecular complexity index is 919. The topological polar surface area (TPSA) is 78.8 Å². The predicted molar refractivity (Wildman–Crippen MR) is 142 cm³/mol. The number of hydrogen-bond donors (Lipinski definition) is 3. The van der Waals surface area contributed by atoms with Crippen molar-refractivity contribution in [3.05, 3.63) is 65.5 Å². The molecule has 0 aliphatic rings. The van der Waals surface area contributed by atoms with Gasteiger partial charge in [-0.15, -0.1) is 0 Å². The zero-order valence-electron chi connectivity index (χ0n) is 21.2. The van der Waals surface area contributed by atoms with Gasteiger partial charge in [-0.3, -0.25) is 4.79 Å². The molecule has 0 heterocycles. The van der Waals surface area contributed by atoms with Crippen LogP contribution in [0.4, 0.5) is 10.1 Å². The number of ether oxygens (including phenoxy) is 1. The number of hydrogen-bond acceptors (Lipinski definition) is 5. The zero-order chi connectivity index (χ0) is 25.8. The van der Waals surface area contributed by atoms with Crippen LogP contribution in [0, 0.1) is 17.7 Å². The molecule has 5 nitrogen and oxygen atoms in total. The Morgan fingerprint density at radius 3 is 2.22 bits per heavy atom. The number of esters is 1. The maximum Gasteiger partial charge on any atom is 0.306 e. The number of rotatable bonds is 17. The monoisotopic (exact) mass is 497 g/mol. The number of carbonyl (C=O) groups is 1. The number of aliphatic hydroxyl groups excluding tert-OH is 2. The van der Waals surface area contributed by atoms with Crippen molar-refractivity contribution < 1.29 is 24.1 Å². The van der Waals surface area contributed by atoms with Crippen molar-refractivity contribution in [2.45, 2.75) is 76.7 Å². The summed E-state index contributed by atoms with van der Waals surface area (Å²) in [6, 6.07) is 14.4. The van der Waals surface area contributed by atoms with Gasteiger partial charge in [-0.25, -0.2) is 4.39 Å². The van der Waals surface area contributed by atoms with E-state index in [1.54, 1.807) is 12.1 Å². The summed E-state index contributed by atoms with van der Waals surface area (Å²) in [5.74, 6) is 5.65. The molecule has 1 atom stereocenters. The standard InChI is InChI=1S/C30H40FNO4/c31-27-17-12-25(13-18-27)11-9-7-5-3-1-2-4-6-8-10-22-32-28-19-14-26(15-20-28)16-21-30(35)36-24-29(34)23-33/h12-15,17-20,29,32-34H,1-8,10,16,21-24H2. The molecule has 0 aromatic heterocycles. The molecule has 3 N–H and O–H groups in total. The summed E-state index contributed by atoms with van der Waals surface area (Å²) < 4.78 is 17.8. The molecule has 196 valence electrons. The fourth-order valence-corrected chi connectivity index (χ4v) is 3.68. The summed E-state index contributed by atoms with van der Waals surface area (Å²) in [6.07, 6.45) is 10.5. The summed E-state index contributed by atoms with van der Waals surface area (Å²) in [6.45, 7) is 0.363. The fourth-order valence-electron chi connectivity index (χ4n) is 3.68. The average molecular weight is 498 g/mol. The molecule has 6 heteroatoms. The van der Waals surface area contributed by atoms with Crippen LogP contribution < -0.4 is 5.32 Å². The Morgan fingerprint density at radius 2 is 1.56 bits per heavy atom. The molecule has 0 spiro atoms. The minimum Gasteiger partial charge on any atom is -0.463 e. The molecule has 1 unspecified atom stereocenters. The number of benzene rings is 2. The van der Waals surface area contributed by atoms with E-state index in [0.717, 1.165) is 42.6 Å². The van der Waals surface area contributed by atoms with E-state index in [0.29, 0.717) is 6.42 Å². The smallest absolute Gasteiger partial charge is 0.306 e. The highest BCUT2D eigenvalue weighted by Gasteiger charge is 2.08. The van der Waals surface area contributed by atoms with Crippen LogP contribution in [0.5, 0.6) is 0 Å². The van der Waals surface area contributed by atoms with Gasteiger partial charge < -0.3 is 20.3 Å². The normalized spacial score (nSPS) is 11.4. The highest BCUT2D eigenvalue weighted by Crippen LogP contribution is 2.13. The van der Waals surface area contributed by atoms with Crippen molar-refractivity contribution in [2.75, 3.05) is 25.1 Å². The number of carbonyl (C=O) groups excluding carboxylic acids is 1. The van der Waals surface area contributed by atoms with Gasteiger partial charge in [-0.2, -0.15) is 0 Å². The van der Waals surface area contributed by atoms with Crippen molar-refractivity contribution in [3.63, 3.8) is 0 Å². The second-order valence-corrected chi connectivity index (χ2v) is 9.03. The Morgan fingerprint density at radius 1 is 0.917 bits per heavy atom. The Kier molecular flexibility index (Phi) is 15.0. The second kappa shape index (κ2) is 18.4. The first kappa shape index (κ1) is 29.4. The maximum absolute atomic E-state index is 12.9. The van der Waals surface area contributed by atoms with Crippen LogP contribution in [0.15, 0.2) is 48.5 Å². The van der Waals surface area contributed by atoms with Crippen LogP contribution in [-0.4, -0.2) is 42.0 Å². The molecule has 0 bridgehead atoms. The molecule has 2 aromatic carbocycles. The molecular weight excluding hydrogens is 457 g/mol. The minimum atomic E-state index is -1.02. The number of aliphatic hydroxyl groups is 2. The lowest BCUT2D eigenvalue weighted by molar-refractivity contribution is -0.147. The van der Waals surface area contributed by atoms with Gasteiger partial charge in [0.05, 0.1) is 6.61 Å². The van der Waals surface area contributed by atoms with E-state index in [1.165, 1.54) is 50.7 Å². The third kappa shape index (κ3) is 13.9. The van der Waals surface area contributed by atoms with Crippen LogP contribution >= 0.6 is 0 Å². The quantitative estimate of drug-likeness (QED) is 0.150. The zero-order valence-corrected chi connectivity index (χ0v) is 21.2. The van der Waals surface area contributed by atoms with Crippen molar-refractivity contribution in [1.29, 1.82) is 0 Å². The summed E-state index contributed by atoms with van der Waals surface area (Å²) in [4.78, 5) is 11.7. The van der Waals surface area contributed by atoms with Gasteiger partial charge in [0.2, 0.25) is 0 Å². The van der Waals surface area contributed by atoms with Gasteiger partial charge in [0, 0.05) is 30.6 Å². The number of halogens is 1. The van der Waals surface area contributed by atoms with E-state index in [-0.39, 0.29) is 24.8 Å². The van der Waals surface area contributed by atoms with Crippen LogP contribution in [-0.2, 0) is 16.0 Å². The fraction of sp³-hybridized carbons (Fsp3) is 0.500. The average Bonchev–Trinajstić information content (AvgIpc) is 2.90. The Balaban J connectivity index is 1.41. The van der Waals surface area contributed by atoms with Gasteiger partial charge >= 0.3 is 5.97 Å². The van der Waals surface area contributed by atoms with E-state index in [1.807, 2.05) is 24.3 Å². The van der Waals surface area contributed by atoms with Crippen molar-refractivity contribution in [1.82, 2.24) is 0 Å². The summed E-state index contributed by atoms with van der Waals surface area (Å²) in [5, 5.41) is 21.4. The molecule has 0 aliphatic heterocycles. The van der Waals surface area contributed by atoms with Crippen LogP contribution in [0.1, 0.15) is 75.3 Å². The first-order valence-electron chi connectivity index (χ1n) is 13.1. The molecule has 36 heavy (non-hydrogen) atoms. The lowest BCUT2D eigenvalue weighted by atomic mass is 10.1. The largest absolute Gasteiger partial charge is 0.463 e. The maximum atomic E-state index is 12.9. The molecule has 0 aliphatic carbocycles. The van der Waals surface area contributed by atoms with Gasteiger partial charge in [0.25, 0.3) is 0 Å². The van der Waals surface area contributed by atoms with E-state index in [9.17, 15) is 14.3 Å². The third-order valence-corrected chi connectivity index (χ3v) is 5.85. The molecule has 0 fully saturated rings. The molecule has 0 radical (unpaired) electrons. The Hall–Kier alpha value is -2.88. The number of nitrogens with one attached hydrogen (secondary N) is 1. The number of anilines is 1. The molecule has 0 saturated carbocycles. The Labute approximate surface area is 215 Å². The van der Waals surface area contributed by atoms with E-state index >= 15 is 0 Å². The van der Waals surface area contributed by atoms with E-state index in [2.05, 4.69) is 17.2 Å². The molecule has 2 aromatic rings. The highest BCUT2D eigenvalue weighted by atomic mass is 19.1. The lowest BCUT2D eigenvalue weighted by Crippen LogP contribution is -2.22. The van der Waals surface area contributed by atoms with Crippen molar-refractivity contribution >= 4 is 11.7 Å². The summed E-state index contributed by atoms with van der Waals surface area (Å²) >= 11 is 0. The minimum absolute atomic E-state index is 0.172. The number of aryl methyl sites for hydroxylation is 1. The molecule has 0 amide bonds. The lowest BCUT2D eigenvalue weighted by Gasteiger charge is -2.09. The van der Waals surface area contributed by atoms with Gasteiger partial charge in [-0.05, 0) is 61.2 Å². The predicted octanol–water partition coefficient (Wildman–Crippen LogP) is 5.63. The highest BCUT2D eigenvalue weighted by molar-refractivity contribution is 5.69. The molecule has 2 rings (SSSR count). The van der Waals surface area contributed by atoms with E-state index in [4.69, 9.17) is 9.84 Å².